The fraction of sp³-hybridized carbons (Fsp3) is 0.667. The van der Waals surface area contributed by atoms with E-state index in [-0.39, 0.29) is 0 Å². The van der Waals surface area contributed by atoms with Crippen LogP contribution < -0.4 is 0 Å². The van der Waals surface area contributed by atoms with Gasteiger partial charge in [0.05, 0.1) is 0 Å². The Morgan fingerprint density at radius 1 is 1.36 bits per heavy atom. The molecule has 0 saturated carbocycles. The molecule has 0 radical (unpaired) electrons. The molecule has 0 bridgehead atoms. The topological polar surface area (TPSA) is 12.9 Å². The molecule has 0 N–H and O–H groups in total. The normalized spacial score (nSPS) is 9.27. The Morgan fingerprint density at radius 3 is 2.09 bits per heavy atom. The Balaban J connectivity index is 0.000000461. The summed E-state index contributed by atoms with van der Waals surface area (Å²) in [6, 6.07) is 0. The zero-order chi connectivity index (χ0) is 8.85. The van der Waals surface area contributed by atoms with Crippen molar-refractivity contribution in [1.82, 2.24) is 4.37 Å². The van der Waals surface area contributed by atoms with Crippen molar-refractivity contribution in [2.75, 3.05) is 0 Å². The van der Waals surface area contributed by atoms with Gasteiger partial charge in [-0.3, -0.25) is 0 Å². The number of nitrogens with zero attached hydrogens (tertiary/aromatic N) is 1. The van der Waals surface area contributed by atoms with E-state index in [9.17, 15) is 0 Å². The zero-order valence-corrected chi connectivity index (χ0v) is 8.83. The third-order valence-electron chi connectivity index (χ3n) is 1.41. The molecule has 64 valence electrons. The lowest BCUT2D eigenvalue weighted by Gasteiger charge is -1.99. The van der Waals surface area contributed by atoms with Crippen LogP contribution in [0.15, 0.2) is 6.20 Å². The first-order valence-electron chi connectivity index (χ1n) is 4.13. The number of aromatic nitrogens is 1. The molecular formula is C9H17NS. The summed E-state index contributed by atoms with van der Waals surface area (Å²) in [5.41, 5.74) is 1.39. The summed E-state index contributed by atoms with van der Waals surface area (Å²) < 4.78 is 4.08. The van der Waals surface area contributed by atoms with Gasteiger partial charge in [-0.05, 0) is 29.9 Å². The van der Waals surface area contributed by atoms with Crippen LogP contribution in [0.3, 0.4) is 0 Å². The monoisotopic (exact) mass is 171 g/mol. The first-order valence-corrected chi connectivity index (χ1v) is 4.90. The summed E-state index contributed by atoms with van der Waals surface area (Å²) in [5, 5.41) is 0. The molecule has 0 saturated heterocycles. The summed E-state index contributed by atoms with van der Waals surface area (Å²) in [6.45, 7) is 10.5. The Morgan fingerprint density at radius 2 is 1.91 bits per heavy atom. The first-order chi connectivity index (χ1) is 5.22. The van der Waals surface area contributed by atoms with Crippen molar-refractivity contribution in [3.05, 3.63) is 16.6 Å². The van der Waals surface area contributed by atoms with Crippen LogP contribution in [0.1, 0.15) is 44.1 Å². The van der Waals surface area contributed by atoms with Crippen molar-refractivity contribution >= 4 is 11.5 Å². The van der Waals surface area contributed by atoms with Gasteiger partial charge in [-0.2, -0.15) is 0 Å². The molecule has 0 amide bonds. The molecule has 1 rings (SSSR count). The molecular weight excluding hydrogens is 154 g/mol. The van der Waals surface area contributed by atoms with Crippen molar-refractivity contribution < 1.29 is 0 Å². The smallest absolute Gasteiger partial charge is 0.0444 e. The average Bonchev–Trinajstić information content (AvgIpc) is 2.39. The van der Waals surface area contributed by atoms with Crippen molar-refractivity contribution in [3.8, 4) is 0 Å². The molecule has 1 aromatic rings. The quantitative estimate of drug-likeness (QED) is 0.629. The van der Waals surface area contributed by atoms with Crippen LogP contribution in [-0.4, -0.2) is 4.37 Å². The highest BCUT2D eigenvalue weighted by Crippen LogP contribution is 2.20. The number of rotatable bonds is 1. The molecule has 0 atom stereocenters. The van der Waals surface area contributed by atoms with E-state index in [1.165, 1.54) is 10.4 Å². The summed E-state index contributed by atoms with van der Waals surface area (Å²) in [6.07, 6.45) is 1.96. The van der Waals surface area contributed by atoms with Crippen LogP contribution >= 0.6 is 11.5 Å². The van der Waals surface area contributed by atoms with E-state index in [1.54, 1.807) is 11.5 Å². The highest BCUT2D eigenvalue weighted by molar-refractivity contribution is 7.05. The predicted molar refractivity (Wildman–Crippen MR) is 52.3 cm³/mol. The Kier molecular flexibility index (Phi) is 5.12. The first kappa shape index (κ1) is 10.6. The molecule has 0 aromatic carbocycles. The molecule has 1 heterocycles. The van der Waals surface area contributed by atoms with Gasteiger partial charge in [0.2, 0.25) is 0 Å². The number of aryl methyl sites for hydroxylation is 1. The molecule has 2 heteroatoms. The van der Waals surface area contributed by atoms with Gasteiger partial charge in [0.25, 0.3) is 0 Å². The minimum atomic E-state index is 0.628. The molecule has 0 aliphatic heterocycles. The molecule has 1 nitrogen and oxygen atoms in total. The van der Waals surface area contributed by atoms with Crippen molar-refractivity contribution in [2.45, 2.75) is 40.5 Å². The second-order valence-corrected chi connectivity index (χ2v) is 3.50. The van der Waals surface area contributed by atoms with Crippen LogP contribution in [-0.2, 0) is 0 Å². The third kappa shape index (κ3) is 3.02. The predicted octanol–water partition coefficient (Wildman–Crippen LogP) is 3.60. The van der Waals surface area contributed by atoms with Gasteiger partial charge in [-0.15, -0.1) is 0 Å². The van der Waals surface area contributed by atoms with Gasteiger partial charge >= 0.3 is 0 Å². The van der Waals surface area contributed by atoms with Crippen LogP contribution in [0.2, 0.25) is 0 Å². The van der Waals surface area contributed by atoms with E-state index in [0.717, 1.165) is 0 Å². The average molecular weight is 171 g/mol. The second kappa shape index (κ2) is 5.30. The van der Waals surface area contributed by atoms with E-state index in [4.69, 9.17) is 0 Å². The highest BCUT2D eigenvalue weighted by atomic mass is 32.1. The van der Waals surface area contributed by atoms with E-state index in [0.29, 0.717) is 5.92 Å². The number of hydrogen-bond acceptors (Lipinski definition) is 2. The standard InChI is InChI=1S/C7H11NS.C2H6/c1-5(2)7-4-8-9-6(7)3;1-2/h4-5H,1-3H3;1-2H3. The van der Waals surface area contributed by atoms with Gasteiger partial charge < -0.3 is 0 Å². The SMILES string of the molecule is CC.Cc1sncc1C(C)C. The summed E-state index contributed by atoms with van der Waals surface area (Å²) in [4.78, 5) is 1.35. The Bertz CT molecular complexity index is 191. The van der Waals surface area contributed by atoms with Crippen molar-refractivity contribution in [1.29, 1.82) is 0 Å². The molecule has 0 unspecified atom stereocenters. The summed E-state index contributed by atoms with van der Waals surface area (Å²) >= 11 is 1.58. The molecule has 0 fully saturated rings. The van der Waals surface area contributed by atoms with Crippen molar-refractivity contribution in [3.63, 3.8) is 0 Å². The zero-order valence-electron chi connectivity index (χ0n) is 8.01. The van der Waals surface area contributed by atoms with E-state index in [1.807, 2.05) is 20.0 Å². The summed E-state index contributed by atoms with van der Waals surface area (Å²) in [7, 11) is 0. The van der Waals surface area contributed by atoms with E-state index in [2.05, 4.69) is 25.1 Å². The summed E-state index contributed by atoms with van der Waals surface area (Å²) in [5.74, 6) is 0.628. The minimum Gasteiger partial charge on any atom is -0.201 e. The molecule has 11 heavy (non-hydrogen) atoms. The lowest BCUT2D eigenvalue weighted by atomic mass is 10.1. The Hall–Kier alpha value is -0.370. The van der Waals surface area contributed by atoms with Crippen LogP contribution in [0, 0.1) is 6.92 Å². The second-order valence-electron chi connectivity index (χ2n) is 2.49. The van der Waals surface area contributed by atoms with Gasteiger partial charge in [0.15, 0.2) is 0 Å². The van der Waals surface area contributed by atoms with Crippen LogP contribution in [0.5, 0.6) is 0 Å². The highest BCUT2D eigenvalue weighted by Gasteiger charge is 2.03. The van der Waals surface area contributed by atoms with Gasteiger partial charge in [-0.25, -0.2) is 4.37 Å². The largest absolute Gasteiger partial charge is 0.201 e. The maximum Gasteiger partial charge on any atom is 0.0444 e. The molecule has 0 aliphatic rings. The Labute approximate surface area is 73.6 Å². The van der Waals surface area contributed by atoms with Crippen LogP contribution in [0.4, 0.5) is 0 Å². The fourth-order valence-corrected chi connectivity index (χ4v) is 1.58. The molecule has 1 aromatic heterocycles. The van der Waals surface area contributed by atoms with Crippen LogP contribution in [0.25, 0.3) is 0 Å². The molecule has 0 spiro atoms. The lowest BCUT2D eigenvalue weighted by Crippen LogP contribution is -1.84. The van der Waals surface area contributed by atoms with Gasteiger partial charge in [0.1, 0.15) is 0 Å². The third-order valence-corrected chi connectivity index (χ3v) is 2.13. The number of hydrogen-bond donors (Lipinski definition) is 0. The van der Waals surface area contributed by atoms with Crippen molar-refractivity contribution in [2.24, 2.45) is 0 Å². The minimum absolute atomic E-state index is 0.628. The maximum atomic E-state index is 4.08. The lowest BCUT2D eigenvalue weighted by molar-refractivity contribution is 0.861. The van der Waals surface area contributed by atoms with Gasteiger partial charge in [0, 0.05) is 11.1 Å². The van der Waals surface area contributed by atoms with E-state index >= 15 is 0 Å². The fourth-order valence-electron chi connectivity index (χ4n) is 0.861. The molecule has 0 aliphatic carbocycles. The van der Waals surface area contributed by atoms with E-state index < -0.39 is 0 Å². The maximum absolute atomic E-state index is 4.08. The van der Waals surface area contributed by atoms with Gasteiger partial charge in [-0.1, -0.05) is 27.7 Å².